The Kier molecular flexibility index (Phi) is 7.28. The fourth-order valence-corrected chi connectivity index (χ4v) is 3.67. The molecule has 0 spiro atoms. The van der Waals surface area contributed by atoms with E-state index in [2.05, 4.69) is 24.2 Å². The summed E-state index contributed by atoms with van der Waals surface area (Å²) in [5.74, 6) is 0.0490. The van der Waals surface area contributed by atoms with Crippen molar-refractivity contribution >= 4 is 17.5 Å². The number of carbonyl (C=O) groups excluding carboxylic acids is 2. The first-order chi connectivity index (χ1) is 14.1. The summed E-state index contributed by atoms with van der Waals surface area (Å²) in [5.41, 5.74) is 2.75. The van der Waals surface area contributed by atoms with Gasteiger partial charge in [0.15, 0.2) is 0 Å². The molecule has 1 fully saturated rings. The van der Waals surface area contributed by atoms with Crippen LogP contribution in [0.1, 0.15) is 54.6 Å². The molecular weight excluding hydrogens is 362 g/mol. The van der Waals surface area contributed by atoms with Crippen molar-refractivity contribution in [2.75, 3.05) is 31.6 Å². The van der Waals surface area contributed by atoms with E-state index in [1.165, 1.54) is 0 Å². The lowest BCUT2D eigenvalue weighted by molar-refractivity contribution is -0.128. The van der Waals surface area contributed by atoms with Gasteiger partial charge in [0.2, 0.25) is 5.91 Å². The molecule has 1 atom stereocenters. The molecule has 29 heavy (non-hydrogen) atoms. The minimum Gasteiger partial charge on any atom is -0.375 e. The van der Waals surface area contributed by atoms with Crippen molar-refractivity contribution < 1.29 is 9.59 Å². The molecule has 1 heterocycles. The first kappa shape index (κ1) is 20.9. The molecule has 1 unspecified atom stereocenters. The third kappa shape index (κ3) is 5.59. The molecule has 154 valence electrons. The van der Waals surface area contributed by atoms with Crippen molar-refractivity contribution in [2.45, 2.75) is 38.6 Å². The molecular formula is C24H31N3O2. The van der Waals surface area contributed by atoms with Crippen LogP contribution in [0.2, 0.25) is 0 Å². The normalized spacial score (nSPS) is 14.7. The van der Waals surface area contributed by atoms with Crippen molar-refractivity contribution in [3.05, 3.63) is 65.7 Å². The molecule has 2 amide bonds. The zero-order chi connectivity index (χ0) is 20.6. The van der Waals surface area contributed by atoms with Crippen LogP contribution in [-0.4, -0.2) is 43.4 Å². The van der Waals surface area contributed by atoms with Crippen LogP contribution in [0.4, 0.5) is 5.69 Å². The number of hydrogen-bond acceptors (Lipinski definition) is 3. The summed E-state index contributed by atoms with van der Waals surface area (Å²) in [7, 11) is 2.07. The molecule has 2 aromatic rings. The molecule has 5 nitrogen and oxygen atoms in total. The number of amides is 2. The Bertz CT molecular complexity index is 805. The van der Waals surface area contributed by atoms with Crippen molar-refractivity contribution in [3.63, 3.8) is 0 Å². The van der Waals surface area contributed by atoms with E-state index in [1.807, 2.05) is 59.5 Å². The molecule has 0 radical (unpaired) electrons. The topological polar surface area (TPSA) is 52.7 Å². The Morgan fingerprint density at radius 1 is 1.14 bits per heavy atom. The molecule has 2 aromatic carbocycles. The largest absolute Gasteiger partial charge is 0.375 e. The Hall–Kier alpha value is -2.82. The Morgan fingerprint density at radius 2 is 1.86 bits per heavy atom. The van der Waals surface area contributed by atoms with Gasteiger partial charge in [0.1, 0.15) is 0 Å². The average Bonchev–Trinajstić information content (AvgIpc) is 3.16. The summed E-state index contributed by atoms with van der Waals surface area (Å²) >= 11 is 0. The van der Waals surface area contributed by atoms with Crippen molar-refractivity contribution in [1.82, 2.24) is 10.2 Å². The van der Waals surface area contributed by atoms with Crippen molar-refractivity contribution in [1.29, 1.82) is 0 Å². The van der Waals surface area contributed by atoms with Crippen LogP contribution >= 0.6 is 0 Å². The number of nitrogens with zero attached hydrogens (tertiary/aromatic N) is 2. The van der Waals surface area contributed by atoms with Gasteiger partial charge in [-0.2, -0.15) is 0 Å². The number of unbranched alkanes of at least 4 members (excludes halogenated alkanes) is 1. The van der Waals surface area contributed by atoms with Crippen LogP contribution in [0.15, 0.2) is 54.6 Å². The van der Waals surface area contributed by atoms with Gasteiger partial charge < -0.3 is 15.1 Å². The summed E-state index contributed by atoms with van der Waals surface area (Å²) in [6.07, 6.45) is 3.79. The first-order valence-corrected chi connectivity index (χ1v) is 10.5. The van der Waals surface area contributed by atoms with Gasteiger partial charge in [0.05, 0.1) is 6.04 Å². The Labute approximate surface area is 173 Å². The van der Waals surface area contributed by atoms with E-state index in [1.54, 1.807) is 0 Å². The van der Waals surface area contributed by atoms with Gasteiger partial charge in [-0.15, -0.1) is 0 Å². The maximum absolute atomic E-state index is 12.9. The van der Waals surface area contributed by atoms with Gasteiger partial charge in [0, 0.05) is 44.4 Å². The van der Waals surface area contributed by atoms with E-state index in [0.29, 0.717) is 18.5 Å². The second-order valence-corrected chi connectivity index (χ2v) is 7.70. The lowest BCUT2D eigenvalue weighted by atomic mass is 10.1. The lowest BCUT2D eigenvalue weighted by Crippen LogP contribution is -2.38. The highest BCUT2D eigenvalue weighted by atomic mass is 16.2. The second kappa shape index (κ2) is 10.1. The second-order valence-electron chi connectivity index (χ2n) is 7.70. The Balaban J connectivity index is 1.70. The average molecular weight is 394 g/mol. The third-order valence-corrected chi connectivity index (χ3v) is 5.50. The van der Waals surface area contributed by atoms with E-state index in [9.17, 15) is 9.59 Å². The molecule has 5 heteroatoms. The van der Waals surface area contributed by atoms with Crippen molar-refractivity contribution in [2.24, 2.45) is 0 Å². The van der Waals surface area contributed by atoms with E-state index < -0.39 is 0 Å². The number of anilines is 1. The van der Waals surface area contributed by atoms with E-state index in [-0.39, 0.29) is 17.9 Å². The summed E-state index contributed by atoms with van der Waals surface area (Å²) < 4.78 is 0. The summed E-state index contributed by atoms with van der Waals surface area (Å²) in [4.78, 5) is 29.0. The number of hydrogen-bond donors (Lipinski definition) is 1. The van der Waals surface area contributed by atoms with Gasteiger partial charge in [-0.1, -0.05) is 43.7 Å². The van der Waals surface area contributed by atoms with Crippen LogP contribution in [-0.2, 0) is 4.79 Å². The van der Waals surface area contributed by atoms with Gasteiger partial charge in [-0.25, -0.2) is 0 Å². The number of benzene rings is 2. The molecule has 0 aliphatic carbocycles. The maximum atomic E-state index is 12.9. The molecule has 1 saturated heterocycles. The minimum atomic E-state index is -0.224. The van der Waals surface area contributed by atoms with E-state index in [4.69, 9.17) is 0 Å². The highest BCUT2D eigenvalue weighted by Crippen LogP contribution is 2.20. The van der Waals surface area contributed by atoms with Gasteiger partial charge in [0.25, 0.3) is 5.91 Å². The number of rotatable bonds is 9. The zero-order valence-corrected chi connectivity index (χ0v) is 17.4. The molecule has 0 bridgehead atoms. The number of carbonyl (C=O) groups is 2. The van der Waals surface area contributed by atoms with Gasteiger partial charge >= 0.3 is 0 Å². The van der Waals surface area contributed by atoms with Gasteiger partial charge in [-0.3, -0.25) is 9.59 Å². The monoisotopic (exact) mass is 393 g/mol. The minimum absolute atomic E-state index is 0.117. The molecule has 3 rings (SSSR count). The SMILES string of the molecule is CCCCN(C)c1ccc(C(=O)NC(CN2CCCC2=O)c2ccccc2)cc1. The fraction of sp³-hybridized carbons (Fsp3) is 0.417. The summed E-state index contributed by atoms with van der Waals surface area (Å²) in [6.45, 7) is 4.45. The molecule has 1 aliphatic heterocycles. The molecule has 0 saturated carbocycles. The van der Waals surface area contributed by atoms with E-state index >= 15 is 0 Å². The van der Waals surface area contributed by atoms with Gasteiger partial charge in [-0.05, 0) is 42.7 Å². The van der Waals surface area contributed by atoms with Crippen LogP contribution in [0.25, 0.3) is 0 Å². The lowest BCUT2D eigenvalue weighted by Gasteiger charge is -2.25. The van der Waals surface area contributed by atoms with Crippen LogP contribution in [0, 0.1) is 0 Å². The molecule has 0 aromatic heterocycles. The first-order valence-electron chi connectivity index (χ1n) is 10.5. The van der Waals surface area contributed by atoms with Crippen LogP contribution in [0.3, 0.4) is 0 Å². The highest BCUT2D eigenvalue weighted by Gasteiger charge is 2.25. The predicted molar refractivity (Wildman–Crippen MR) is 117 cm³/mol. The fourth-order valence-electron chi connectivity index (χ4n) is 3.67. The summed E-state index contributed by atoms with van der Waals surface area (Å²) in [6, 6.07) is 17.4. The van der Waals surface area contributed by atoms with Crippen LogP contribution < -0.4 is 10.2 Å². The highest BCUT2D eigenvalue weighted by molar-refractivity contribution is 5.94. The molecule has 1 N–H and O–H groups in total. The van der Waals surface area contributed by atoms with Crippen LogP contribution in [0.5, 0.6) is 0 Å². The standard InChI is InChI=1S/C24H31N3O2/c1-3-4-16-26(2)21-14-12-20(13-15-21)24(29)25-22(19-9-6-5-7-10-19)18-27-17-8-11-23(27)28/h5-7,9-10,12-15,22H,3-4,8,11,16-18H2,1-2H3,(H,25,29). The molecule has 1 aliphatic rings. The third-order valence-electron chi connectivity index (χ3n) is 5.50. The quantitative estimate of drug-likeness (QED) is 0.700. The summed E-state index contributed by atoms with van der Waals surface area (Å²) in [5, 5.41) is 3.13. The Morgan fingerprint density at radius 3 is 2.48 bits per heavy atom. The number of nitrogens with one attached hydrogen (secondary N) is 1. The van der Waals surface area contributed by atoms with Crippen molar-refractivity contribution in [3.8, 4) is 0 Å². The predicted octanol–water partition coefficient (Wildman–Crippen LogP) is 4.02. The maximum Gasteiger partial charge on any atom is 0.251 e. The smallest absolute Gasteiger partial charge is 0.251 e. The number of likely N-dealkylation sites (tertiary alicyclic amines) is 1. The van der Waals surface area contributed by atoms with E-state index in [0.717, 1.165) is 43.6 Å². The zero-order valence-electron chi connectivity index (χ0n) is 17.4.